The Kier molecular flexibility index (Phi) is 7.40. The number of aromatic nitrogens is 1. The maximum atomic E-state index is 4.68. The van der Waals surface area contributed by atoms with E-state index in [0.29, 0.717) is 0 Å². The van der Waals surface area contributed by atoms with E-state index in [0.717, 1.165) is 12.8 Å². The molecule has 0 unspecified atom stereocenters. The minimum absolute atomic E-state index is 0. The number of para-hydroxylation sites is 1. The van der Waals surface area contributed by atoms with Crippen molar-refractivity contribution in [1.29, 1.82) is 0 Å². The zero-order chi connectivity index (χ0) is 18.9. The van der Waals surface area contributed by atoms with Crippen LogP contribution in [-0.2, 0) is 20.6 Å². The molecule has 0 radical (unpaired) electrons. The summed E-state index contributed by atoms with van der Waals surface area (Å²) in [6, 6.07) is 26.1. The summed E-state index contributed by atoms with van der Waals surface area (Å²) in [5.41, 5.74) is 4.05. The summed E-state index contributed by atoms with van der Waals surface area (Å²) in [5, 5.41) is 3.94. The minimum atomic E-state index is -1.05. The molecule has 0 amide bonds. The van der Waals surface area contributed by atoms with E-state index in [-0.39, 0.29) is 24.8 Å². The Bertz CT molecular complexity index is 1240. The van der Waals surface area contributed by atoms with Crippen molar-refractivity contribution in [2.45, 2.75) is 18.6 Å². The molecule has 0 spiro atoms. The van der Waals surface area contributed by atoms with Crippen molar-refractivity contribution in [3.63, 3.8) is 0 Å². The molecule has 30 heavy (non-hydrogen) atoms. The van der Waals surface area contributed by atoms with Gasteiger partial charge in [-0.05, 0) is 0 Å². The molecule has 1 aliphatic rings. The Balaban J connectivity index is 0.00000128. The predicted octanol–water partition coefficient (Wildman–Crippen LogP) is 6.98. The molecule has 0 N–H and O–H groups in total. The molecular weight excluding hydrogens is 449 g/mol. The van der Waals surface area contributed by atoms with Gasteiger partial charge < -0.3 is 0 Å². The van der Waals surface area contributed by atoms with Gasteiger partial charge in [0.15, 0.2) is 0 Å². The first kappa shape index (κ1) is 22.6. The fourth-order valence-electron chi connectivity index (χ4n) is 4.02. The molecular formula is C26H24Cl2CrN. The Morgan fingerprint density at radius 3 is 2.47 bits per heavy atom. The third-order valence-electron chi connectivity index (χ3n) is 5.51. The Hall–Kier alpha value is -2.08. The van der Waals surface area contributed by atoms with Gasteiger partial charge in [-0.1, -0.05) is 0 Å². The quantitative estimate of drug-likeness (QED) is 0.312. The number of halogens is 2. The van der Waals surface area contributed by atoms with Crippen molar-refractivity contribution in [3.05, 3.63) is 107 Å². The van der Waals surface area contributed by atoms with Gasteiger partial charge in [0.1, 0.15) is 0 Å². The van der Waals surface area contributed by atoms with Crippen molar-refractivity contribution in [1.82, 2.24) is 4.98 Å². The summed E-state index contributed by atoms with van der Waals surface area (Å²) in [7, 11) is 0. The van der Waals surface area contributed by atoms with Gasteiger partial charge in [0.05, 0.1) is 0 Å². The Morgan fingerprint density at radius 1 is 0.833 bits per heavy atom. The van der Waals surface area contributed by atoms with Crippen LogP contribution >= 0.6 is 24.8 Å². The van der Waals surface area contributed by atoms with E-state index < -0.39 is 14.1 Å². The van der Waals surface area contributed by atoms with E-state index in [4.69, 9.17) is 0 Å². The second-order valence-electron chi connectivity index (χ2n) is 7.25. The van der Waals surface area contributed by atoms with Crippen LogP contribution in [-0.4, -0.2) is 4.98 Å². The maximum absolute atomic E-state index is 4.68. The molecule has 0 atom stereocenters. The molecule has 1 aliphatic carbocycles. The van der Waals surface area contributed by atoms with Crippen molar-refractivity contribution < 1.29 is 14.1 Å². The molecule has 0 bridgehead atoms. The van der Waals surface area contributed by atoms with Crippen molar-refractivity contribution in [2.75, 3.05) is 0 Å². The Labute approximate surface area is 194 Å². The van der Waals surface area contributed by atoms with Gasteiger partial charge in [-0.25, -0.2) is 0 Å². The third kappa shape index (κ3) is 4.34. The number of hydrogen-bond acceptors (Lipinski definition) is 1. The molecule has 4 aromatic rings. The molecule has 1 heterocycles. The average Bonchev–Trinajstić information content (AvgIpc) is 3.22. The monoisotopic (exact) mass is 472 g/mol. The van der Waals surface area contributed by atoms with Crippen LogP contribution in [0.2, 0.25) is 5.79 Å². The first-order valence-electron chi connectivity index (χ1n) is 9.65. The summed E-state index contributed by atoms with van der Waals surface area (Å²) in [4.78, 5) is 4.68. The van der Waals surface area contributed by atoms with E-state index in [1.807, 2.05) is 12.3 Å². The van der Waals surface area contributed by atoms with Crippen molar-refractivity contribution >= 4 is 50.9 Å². The van der Waals surface area contributed by atoms with Gasteiger partial charge in [-0.3, -0.25) is 0 Å². The Morgan fingerprint density at radius 2 is 1.57 bits per heavy atom. The molecule has 1 nitrogen and oxygen atoms in total. The molecule has 1 aromatic heterocycles. The van der Waals surface area contributed by atoms with Crippen molar-refractivity contribution in [2.24, 2.45) is 0 Å². The van der Waals surface area contributed by atoms with E-state index in [1.165, 1.54) is 37.2 Å². The number of rotatable bonds is 4. The van der Waals surface area contributed by atoms with Gasteiger partial charge in [0.2, 0.25) is 0 Å². The van der Waals surface area contributed by atoms with Gasteiger partial charge in [-0.15, -0.1) is 24.8 Å². The van der Waals surface area contributed by atoms with Crippen LogP contribution in [0.3, 0.4) is 0 Å². The molecule has 0 saturated carbocycles. The standard InChI is InChI=1S/C16H13.C9H6N.CH3.2ClH.Cr/c1-2-7-13(6-1)12-15-10-5-9-14-8-3-4-11-16(14)15;1-2-6-9-8(4-1)5-3-7-10-9;;;;/h3-11H,1,12H2;1-5,7H;1H3;2*1H;. The zero-order valence-corrected chi connectivity index (χ0v) is 19.7. The van der Waals surface area contributed by atoms with Gasteiger partial charge in [0.25, 0.3) is 0 Å². The van der Waals surface area contributed by atoms with Crippen LogP contribution < -0.4 is 4.43 Å². The third-order valence-corrected chi connectivity index (χ3v) is 8.72. The SMILES string of the molecule is Cl.Cl.[CH3][Cr]([C]1=CC(Cc2cccc3ccccc23)=CC1)[c]1cccc2cccnc12. The normalized spacial score (nSPS) is 13.0. The average molecular weight is 473 g/mol. The molecule has 5 rings (SSSR count). The summed E-state index contributed by atoms with van der Waals surface area (Å²) in [5.74, 6) is 2.43. The second-order valence-corrected chi connectivity index (χ2v) is 10.3. The number of fused-ring (bicyclic) bond motifs is 2. The molecule has 0 aliphatic heterocycles. The molecule has 3 aromatic carbocycles. The summed E-state index contributed by atoms with van der Waals surface area (Å²) >= 11 is -1.05. The van der Waals surface area contributed by atoms with Crippen molar-refractivity contribution in [3.8, 4) is 0 Å². The number of hydrogen-bond donors (Lipinski definition) is 0. The van der Waals surface area contributed by atoms with Gasteiger partial charge >= 0.3 is 171 Å². The number of nitrogens with zero attached hydrogens (tertiary/aromatic N) is 1. The van der Waals surface area contributed by atoms with E-state index in [9.17, 15) is 0 Å². The van der Waals surface area contributed by atoms with Crippen LogP contribution in [0.5, 0.6) is 0 Å². The zero-order valence-electron chi connectivity index (χ0n) is 16.7. The summed E-state index contributed by atoms with van der Waals surface area (Å²) in [6.07, 6.45) is 8.91. The first-order valence-corrected chi connectivity index (χ1v) is 12.2. The number of allylic oxidation sites excluding steroid dienone is 4. The second kappa shape index (κ2) is 9.82. The van der Waals surface area contributed by atoms with Gasteiger partial charge in [-0.2, -0.15) is 0 Å². The van der Waals surface area contributed by atoms with Crippen LogP contribution in [0.1, 0.15) is 12.0 Å². The summed E-state index contributed by atoms with van der Waals surface area (Å²) in [6.45, 7) is 0. The summed E-state index contributed by atoms with van der Waals surface area (Å²) < 4.78 is 3.05. The van der Waals surface area contributed by atoms with Crippen LogP contribution in [0, 0.1) is 0 Å². The first-order chi connectivity index (χ1) is 13.8. The molecule has 0 fully saturated rings. The van der Waals surface area contributed by atoms with E-state index in [1.54, 1.807) is 4.44 Å². The molecule has 4 heteroatoms. The topological polar surface area (TPSA) is 12.9 Å². The van der Waals surface area contributed by atoms with Crippen LogP contribution in [0.25, 0.3) is 21.7 Å². The van der Waals surface area contributed by atoms with Crippen LogP contribution in [0.4, 0.5) is 0 Å². The number of benzene rings is 3. The molecule has 153 valence electrons. The predicted molar refractivity (Wildman–Crippen MR) is 130 cm³/mol. The van der Waals surface area contributed by atoms with E-state index >= 15 is 0 Å². The van der Waals surface area contributed by atoms with E-state index in [2.05, 4.69) is 89.7 Å². The molecule has 0 saturated heterocycles. The fraction of sp³-hybridized carbons (Fsp3) is 0.115. The van der Waals surface area contributed by atoms with Crippen LogP contribution in [0.15, 0.2) is 101 Å². The van der Waals surface area contributed by atoms with Gasteiger partial charge in [0, 0.05) is 0 Å². The number of pyridine rings is 1. The fourth-order valence-corrected chi connectivity index (χ4v) is 6.66.